The van der Waals surface area contributed by atoms with E-state index in [0.717, 1.165) is 19.3 Å². The molecule has 2 saturated carbocycles. The molecule has 0 aromatic heterocycles. The van der Waals surface area contributed by atoms with Crippen LogP contribution in [-0.4, -0.2) is 17.8 Å². The molecule has 440 valence electrons. The maximum absolute atomic E-state index is 2.85. The average Bonchev–Trinajstić information content (AvgIpc) is 1.15. The monoisotopic (exact) mass is 1130 g/mol. The summed E-state index contributed by atoms with van der Waals surface area (Å²) in [4.78, 5) is 11.0. The second kappa shape index (κ2) is 19.0. The molecule has 0 saturated heterocycles. The standard InChI is InChI=1S/C81H93BN4/c1-52-24-18-19-25-62(52)53-26-39-67-63(46-53)78(14)42-20-23-45-81(78,17)86(67)61-50-71-73-72(51-61)84(59-35-29-55(30-36-59)75(5,6)7)70-49-60(85-68-40-31-56(76(8,9)10)47-64(68)79(15)43-21-22-44-80(79,85)16)37-38-65(70)82(73)66-48-57(77(11,12)13)32-41-69(66)83(71)58-33-27-54(28-34-58)74(2,3)4/h18-19,24-41,46-51H,20-23,42-45H2,1-17H3. The molecule has 4 unspecified atom stereocenters. The molecule has 8 aromatic carbocycles. The molecule has 4 nitrogen and oxygen atoms in total. The highest BCUT2D eigenvalue weighted by Gasteiger charge is 2.60. The summed E-state index contributed by atoms with van der Waals surface area (Å²) in [7, 11) is 0. The summed E-state index contributed by atoms with van der Waals surface area (Å²) in [6, 6.07) is 63.8. The lowest BCUT2D eigenvalue weighted by Crippen LogP contribution is -2.62. The summed E-state index contributed by atoms with van der Waals surface area (Å²) < 4.78 is 0. The van der Waals surface area contributed by atoms with Gasteiger partial charge in [0.1, 0.15) is 0 Å². The molecule has 4 atom stereocenters. The van der Waals surface area contributed by atoms with E-state index in [0.29, 0.717) is 0 Å². The van der Waals surface area contributed by atoms with Crippen molar-refractivity contribution in [1.29, 1.82) is 0 Å². The number of hydrogen-bond donors (Lipinski definition) is 0. The molecule has 0 amide bonds. The van der Waals surface area contributed by atoms with Crippen molar-refractivity contribution in [3.63, 3.8) is 0 Å². The number of aryl methyl sites for hydroxylation is 1. The van der Waals surface area contributed by atoms with Crippen molar-refractivity contribution in [3.05, 3.63) is 197 Å². The lowest BCUT2D eigenvalue weighted by molar-refractivity contribution is 0.195. The molecule has 14 rings (SSSR count). The van der Waals surface area contributed by atoms with Gasteiger partial charge in [-0.15, -0.1) is 0 Å². The van der Waals surface area contributed by atoms with E-state index in [4.69, 9.17) is 0 Å². The van der Waals surface area contributed by atoms with Gasteiger partial charge in [-0.2, -0.15) is 0 Å². The Kier molecular flexibility index (Phi) is 12.6. The Morgan fingerprint density at radius 3 is 1.33 bits per heavy atom. The fourth-order valence-corrected chi connectivity index (χ4v) is 17.3. The molecular formula is C81H93BN4. The van der Waals surface area contributed by atoms with Crippen molar-refractivity contribution in [3.8, 4) is 11.1 Å². The van der Waals surface area contributed by atoms with Gasteiger partial charge in [-0.25, -0.2) is 0 Å². The molecule has 0 spiro atoms. The third kappa shape index (κ3) is 8.27. The molecular weight excluding hydrogens is 1040 g/mol. The Morgan fingerprint density at radius 2 is 0.791 bits per heavy atom. The minimum atomic E-state index is -0.192. The Morgan fingerprint density at radius 1 is 0.360 bits per heavy atom. The highest BCUT2D eigenvalue weighted by atomic mass is 15.3. The summed E-state index contributed by atoms with van der Waals surface area (Å²) in [6.07, 6.45) is 9.51. The van der Waals surface area contributed by atoms with E-state index in [-0.39, 0.29) is 50.3 Å². The lowest BCUT2D eigenvalue weighted by atomic mass is 9.33. The number of anilines is 10. The number of rotatable bonds is 5. The fraction of sp³-hybridized carbons (Fsp3) is 0.407. The van der Waals surface area contributed by atoms with E-state index in [1.54, 1.807) is 0 Å². The SMILES string of the molecule is Cc1ccccc1-c1ccc2c(c1)C1(C)CCCCC1(C)N2c1cc2c3c(c1)N(c1ccc(C(C)(C)C)cc1)c1cc(N4c5ccc(C(C)(C)C)cc5C5(C)CCCCC45C)ccc1B3c1cc(C(C)(C)C)ccc1N2c1ccc(C(C)(C)C)cc1. The van der Waals surface area contributed by atoms with Crippen LogP contribution in [0.15, 0.2) is 158 Å². The Hall–Kier alpha value is -6.98. The van der Waals surface area contributed by atoms with Gasteiger partial charge in [0.2, 0.25) is 0 Å². The smallest absolute Gasteiger partial charge is 0.252 e. The second-order valence-corrected chi connectivity index (χ2v) is 32.2. The van der Waals surface area contributed by atoms with Crippen molar-refractivity contribution < 1.29 is 0 Å². The quantitative estimate of drug-likeness (QED) is 0.159. The molecule has 4 aliphatic heterocycles. The van der Waals surface area contributed by atoms with Gasteiger partial charge in [-0.1, -0.05) is 208 Å². The third-order valence-corrected chi connectivity index (χ3v) is 22.9. The molecule has 2 aliphatic carbocycles. The molecule has 6 aliphatic rings. The zero-order valence-electron chi connectivity index (χ0n) is 55.0. The molecule has 8 aromatic rings. The van der Waals surface area contributed by atoms with E-state index in [9.17, 15) is 0 Å². The maximum Gasteiger partial charge on any atom is 0.252 e. The van der Waals surface area contributed by atoms with Crippen molar-refractivity contribution in [2.24, 2.45) is 0 Å². The van der Waals surface area contributed by atoms with Crippen LogP contribution in [0.25, 0.3) is 11.1 Å². The van der Waals surface area contributed by atoms with Crippen LogP contribution in [0.2, 0.25) is 0 Å². The average molecular weight is 1130 g/mol. The van der Waals surface area contributed by atoms with Crippen LogP contribution in [0, 0.1) is 6.92 Å². The van der Waals surface area contributed by atoms with E-state index >= 15 is 0 Å². The molecule has 4 heterocycles. The first-order valence-corrected chi connectivity index (χ1v) is 32.8. The van der Waals surface area contributed by atoms with Crippen LogP contribution in [-0.2, 0) is 32.5 Å². The highest BCUT2D eigenvalue weighted by molar-refractivity contribution is 7.00. The van der Waals surface area contributed by atoms with Crippen LogP contribution in [0.3, 0.4) is 0 Å². The largest absolute Gasteiger partial charge is 0.334 e. The molecule has 0 N–H and O–H groups in total. The summed E-state index contributed by atoms with van der Waals surface area (Å²) in [5.74, 6) is 0. The third-order valence-electron chi connectivity index (χ3n) is 22.9. The molecule has 0 radical (unpaired) electrons. The van der Waals surface area contributed by atoms with Gasteiger partial charge in [-0.3, -0.25) is 0 Å². The van der Waals surface area contributed by atoms with E-state index < -0.39 is 0 Å². The minimum Gasteiger partial charge on any atom is -0.334 e. The summed E-state index contributed by atoms with van der Waals surface area (Å²) in [6.45, 7) is 40.9. The molecule has 2 fully saturated rings. The predicted octanol–water partition coefficient (Wildman–Crippen LogP) is 20.4. The Bertz CT molecular complexity index is 4050. The van der Waals surface area contributed by atoms with Crippen molar-refractivity contribution in [2.45, 2.75) is 213 Å². The molecule has 5 heteroatoms. The van der Waals surface area contributed by atoms with Gasteiger partial charge in [0.05, 0.1) is 11.1 Å². The summed E-state index contributed by atoms with van der Waals surface area (Å²) in [5.41, 5.74) is 28.8. The van der Waals surface area contributed by atoms with Crippen LogP contribution >= 0.6 is 0 Å². The maximum atomic E-state index is 2.85. The number of hydrogen-bond acceptors (Lipinski definition) is 4. The van der Waals surface area contributed by atoms with E-state index in [2.05, 4.69) is 295 Å². The first-order valence-electron chi connectivity index (χ1n) is 32.8. The fourth-order valence-electron chi connectivity index (χ4n) is 17.3. The lowest BCUT2D eigenvalue weighted by Gasteiger charge is -2.51. The highest BCUT2D eigenvalue weighted by Crippen LogP contribution is 2.64. The second-order valence-electron chi connectivity index (χ2n) is 32.2. The van der Waals surface area contributed by atoms with Gasteiger partial charge in [-0.05, 0) is 207 Å². The first-order chi connectivity index (χ1) is 40.5. The van der Waals surface area contributed by atoms with Gasteiger partial charge < -0.3 is 19.6 Å². The molecule has 0 bridgehead atoms. The number of benzene rings is 8. The van der Waals surface area contributed by atoms with Crippen molar-refractivity contribution in [1.82, 2.24) is 0 Å². The summed E-state index contributed by atoms with van der Waals surface area (Å²) in [5, 5.41) is 0. The predicted molar refractivity (Wildman–Crippen MR) is 371 cm³/mol. The zero-order chi connectivity index (χ0) is 60.6. The zero-order valence-corrected chi connectivity index (χ0v) is 55.0. The Balaban J connectivity index is 1.08. The molecule has 86 heavy (non-hydrogen) atoms. The van der Waals surface area contributed by atoms with Crippen LogP contribution in [0.4, 0.5) is 56.9 Å². The van der Waals surface area contributed by atoms with Crippen LogP contribution in [0.1, 0.15) is 201 Å². The van der Waals surface area contributed by atoms with Crippen LogP contribution in [0.5, 0.6) is 0 Å². The van der Waals surface area contributed by atoms with Crippen molar-refractivity contribution >= 4 is 80.0 Å². The topological polar surface area (TPSA) is 13.0 Å². The van der Waals surface area contributed by atoms with E-state index in [1.807, 2.05) is 0 Å². The van der Waals surface area contributed by atoms with Crippen LogP contribution < -0.4 is 36.0 Å². The summed E-state index contributed by atoms with van der Waals surface area (Å²) >= 11 is 0. The first kappa shape index (κ1) is 56.8. The Labute approximate surface area is 517 Å². The van der Waals surface area contributed by atoms with Gasteiger partial charge >= 0.3 is 0 Å². The van der Waals surface area contributed by atoms with Gasteiger partial charge in [0.15, 0.2) is 0 Å². The van der Waals surface area contributed by atoms with Gasteiger partial charge in [0, 0.05) is 67.7 Å². The number of fused-ring (bicyclic) bond motifs is 10. The van der Waals surface area contributed by atoms with Gasteiger partial charge in [0.25, 0.3) is 6.71 Å². The number of nitrogens with zero attached hydrogens (tertiary/aromatic N) is 4. The van der Waals surface area contributed by atoms with Crippen molar-refractivity contribution in [2.75, 3.05) is 19.6 Å². The normalized spacial score (nSPS) is 23.1. The minimum absolute atomic E-state index is 0.00437. The van der Waals surface area contributed by atoms with E-state index in [1.165, 1.54) is 155 Å².